The molecule has 0 unspecified atom stereocenters. The van der Waals surface area contributed by atoms with E-state index < -0.39 is 20.6 Å². The van der Waals surface area contributed by atoms with E-state index in [1.165, 1.54) is 22.5 Å². The minimum atomic E-state index is -3.84. The molecule has 0 aliphatic rings. The molecule has 1 rings (SSSR count). The molecule has 20 heavy (non-hydrogen) atoms. The minimum Gasteiger partial charge on any atom is -0.258 e. The van der Waals surface area contributed by atoms with Gasteiger partial charge in [0.25, 0.3) is 5.69 Å². The summed E-state index contributed by atoms with van der Waals surface area (Å²) in [6.07, 6.45) is 1.46. The van der Waals surface area contributed by atoms with Crippen molar-refractivity contribution in [3.05, 3.63) is 46.0 Å². The van der Waals surface area contributed by atoms with Gasteiger partial charge in [-0.25, -0.2) is 8.42 Å². The van der Waals surface area contributed by atoms with Gasteiger partial charge in [-0.05, 0) is 26.0 Å². The van der Waals surface area contributed by atoms with Crippen molar-refractivity contribution in [2.75, 3.05) is 6.54 Å². The summed E-state index contributed by atoms with van der Waals surface area (Å²) in [4.78, 5) is 9.95. The first-order chi connectivity index (χ1) is 9.21. The highest BCUT2D eigenvalue weighted by atomic mass is 35.5. The Hall–Kier alpha value is -1.44. The minimum absolute atomic E-state index is 0.103. The zero-order chi connectivity index (χ0) is 15.5. The van der Waals surface area contributed by atoms with Crippen LogP contribution in [0.1, 0.15) is 13.8 Å². The van der Waals surface area contributed by atoms with Crippen LogP contribution in [0, 0.1) is 10.1 Å². The molecule has 110 valence electrons. The first-order valence-electron chi connectivity index (χ1n) is 5.78. The Labute approximate surface area is 122 Å². The maximum atomic E-state index is 12.5. The van der Waals surface area contributed by atoms with Crippen molar-refractivity contribution < 1.29 is 13.3 Å². The van der Waals surface area contributed by atoms with E-state index in [1.54, 1.807) is 13.8 Å². The van der Waals surface area contributed by atoms with Gasteiger partial charge in [-0.3, -0.25) is 10.1 Å². The van der Waals surface area contributed by atoms with E-state index in [0.717, 1.165) is 6.07 Å². The van der Waals surface area contributed by atoms with Crippen LogP contribution < -0.4 is 0 Å². The molecule has 0 N–H and O–H groups in total. The number of nitrogens with zero attached hydrogens (tertiary/aromatic N) is 2. The summed E-state index contributed by atoms with van der Waals surface area (Å²) in [7, 11) is -3.84. The topological polar surface area (TPSA) is 80.5 Å². The van der Waals surface area contributed by atoms with Crippen LogP contribution in [0.2, 0.25) is 5.02 Å². The van der Waals surface area contributed by atoms with Gasteiger partial charge in [-0.2, -0.15) is 4.31 Å². The third kappa shape index (κ3) is 3.36. The van der Waals surface area contributed by atoms with Gasteiger partial charge in [-0.1, -0.05) is 17.7 Å². The molecule has 0 heterocycles. The second-order valence-corrected chi connectivity index (χ2v) is 6.63. The monoisotopic (exact) mass is 318 g/mol. The molecule has 0 fully saturated rings. The Morgan fingerprint density at radius 2 is 2.10 bits per heavy atom. The largest absolute Gasteiger partial charge is 0.289 e. The fourth-order valence-electron chi connectivity index (χ4n) is 1.64. The van der Waals surface area contributed by atoms with Crippen LogP contribution in [0.25, 0.3) is 0 Å². The van der Waals surface area contributed by atoms with Gasteiger partial charge in [-0.15, -0.1) is 6.58 Å². The molecule has 1 aromatic rings. The van der Waals surface area contributed by atoms with Gasteiger partial charge in [0.15, 0.2) is 0 Å². The lowest BCUT2D eigenvalue weighted by Gasteiger charge is -2.24. The lowest BCUT2D eigenvalue weighted by molar-refractivity contribution is -0.384. The van der Waals surface area contributed by atoms with Crippen LogP contribution in [-0.2, 0) is 10.0 Å². The first-order valence-corrected chi connectivity index (χ1v) is 7.60. The van der Waals surface area contributed by atoms with Gasteiger partial charge < -0.3 is 0 Å². The molecule has 0 amide bonds. The second kappa shape index (κ2) is 6.34. The molecular weight excluding hydrogens is 304 g/mol. The van der Waals surface area contributed by atoms with Crippen LogP contribution in [0.15, 0.2) is 35.7 Å². The summed E-state index contributed by atoms with van der Waals surface area (Å²) in [5.41, 5.74) is -0.435. The van der Waals surface area contributed by atoms with E-state index in [0.29, 0.717) is 0 Å². The van der Waals surface area contributed by atoms with E-state index in [4.69, 9.17) is 11.6 Å². The summed E-state index contributed by atoms with van der Waals surface area (Å²) in [5, 5.41) is 10.7. The van der Waals surface area contributed by atoms with Crippen LogP contribution in [0.5, 0.6) is 0 Å². The number of sulfonamides is 1. The first kappa shape index (κ1) is 16.6. The number of nitro benzene ring substituents is 1. The molecule has 8 heteroatoms. The van der Waals surface area contributed by atoms with E-state index in [-0.39, 0.29) is 22.5 Å². The Balaban J connectivity index is 3.38. The molecule has 0 atom stereocenters. The molecule has 0 aliphatic carbocycles. The van der Waals surface area contributed by atoms with Gasteiger partial charge in [0.2, 0.25) is 10.0 Å². The smallest absolute Gasteiger partial charge is 0.258 e. The highest BCUT2D eigenvalue weighted by Crippen LogP contribution is 2.29. The second-order valence-electron chi connectivity index (χ2n) is 4.33. The van der Waals surface area contributed by atoms with Gasteiger partial charge in [0, 0.05) is 18.7 Å². The summed E-state index contributed by atoms with van der Waals surface area (Å²) < 4.78 is 26.1. The van der Waals surface area contributed by atoms with Crippen molar-refractivity contribution >= 4 is 27.3 Å². The molecule has 1 aromatic carbocycles. The maximum absolute atomic E-state index is 12.5. The molecule has 0 bridgehead atoms. The van der Waals surface area contributed by atoms with Crippen LogP contribution in [0.4, 0.5) is 5.69 Å². The van der Waals surface area contributed by atoms with Crippen molar-refractivity contribution in [1.82, 2.24) is 4.31 Å². The molecule has 0 radical (unpaired) electrons. The van der Waals surface area contributed by atoms with E-state index >= 15 is 0 Å². The zero-order valence-corrected chi connectivity index (χ0v) is 12.7. The molecule has 0 saturated carbocycles. The quantitative estimate of drug-likeness (QED) is 0.459. The van der Waals surface area contributed by atoms with Crippen LogP contribution in [-0.4, -0.2) is 30.2 Å². The summed E-state index contributed by atoms with van der Waals surface area (Å²) in [6.45, 7) is 7.06. The Morgan fingerprint density at radius 3 is 2.55 bits per heavy atom. The molecule has 0 aromatic heterocycles. The molecule has 0 saturated heterocycles. The third-order valence-corrected chi connectivity index (χ3v) is 4.96. The lowest BCUT2D eigenvalue weighted by Crippen LogP contribution is -2.37. The standard InChI is InChI=1S/C12H15ClN2O4S/c1-4-7-14(9(2)3)20(18,19)10-5-6-11(13)12(8-10)15(16)17/h4-6,8-9H,1,7H2,2-3H3. The van der Waals surface area contributed by atoms with Gasteiger partial charge >= 0.3 is 0 Å². The molecule has 0 aliphatic heterocycles. The average molecular weight is 319 g/mol. The predicted octanol–water partition coefficient (Wildman–Crippen LogP) is 2.83. The van der Waals surface area contributed by atoms with Crippen molar-refractivity contribution in [1.29, 1.82) is 0 Å². The maximum Gasteiger partial charge on any atom is 0.289 e. The number of hydrogen-bond acceptors (Lipinski definition) is 4. The third-order valence-electron chi connectivity index (χ3n) is 2.61. The van der Waals surface area contributed by atoms with E-state index in [1.807, 2.05) is 0 Å². The van der Waals surface area contributed by atoms with Crippen molar-refractivity contribution in [2.45, 2.75) is 24.8 Å². The molecule has 6 nitrogen and oxygen atoms in total. The van der Waals surface area contributed by atoms with Crippen LogP contribution in [0.3, 0.4) is 0 Å². The van der Waals surface area contributed by atoms with Crippen LogP contribution >= 0.6 is 11.6 Å². The normalized spacial score (nSPS) is 11.8. The van der Waals surface area contributed by atoms with Crippen molar-refractivity contribution in [3.8, 4) is 0 Å². The highest BCUT2D eigenvalue weighted by molar-refractivity contribution is 7.89. The Bertz CT molecular complexity index is 628. The fourth-order valence-corrected chi connectivity index (χ4v) is 3.46. The van der Waals surface area contributed by atoms with Gasteiger partial charge in [0.05, 0.1) is 9.82 Å². The molecular formula is C12H15ClN2O4S. The molecule has 0 spiro atoms. The van der Waals surface area contributed by atoms with Gasteiger partial charge in [0.1, 0.15) is 5.02 Å². The summed E-state index contributed by atoms with van der Waals surface area (Å²) >= 11 is 5.68. The summed E-state index contributed by atoms with van der Waals surface area (Å²) in [5.74, 6) is 0. The summed E-state index contributed by atoms with van der Waals surface area (Å²) in [6, 6.07) is 3.13. The van der Waals surface area contributed by atoms with E-state index in [9.17, 15) is 18.5 Å². The number of benzene rings is 1. The van der Waals surface area contributed by atoms with E-state index in [2.05, 4.69) is 6.58 Å². The predicted molar refractivity (Wildman–Crippen MR) is 77.3 cm³/mol. The number of halogens is 1. The Kier molecular flexibility index (Phi) is 5.27. The Morgan fingerprint density at radius 1 is 1.50 bits per heavy atom. The number of nitro groups is 1. The highest BCUT2D eigenvalue weighted by Gasteiger charge is 2.28. The zero-order valence-electron chi connectivity index (χ0n) is 11.1. The van der Waals surface area contributed by atoms with Crippen molar-refractivity contribution in [2.24, 2.45) is 0 Å². The number of rotatable bonds is 6. The lowest BCUT2D eigenvalue weighted by atomic mass is 10.3. The number of hydrogen-bond donors (Lipinski definition) is 0. The fraction of sp³-hybridized carbons (Fsp3) is 0.333. The average Bonchev–Trinajstić information content (AvgIpc) is 2.35. The SMILES string of the molecule is C=CCN(C(C)C)S(=O)(=O)c1ccc(Cl)c([N+](=O)[O-])c1. The van der Waals surface area contributed by atoms with Crippen molar-refractivity contribution in [3.63, 3.8) is 0 Å².